The molecule has 2 aromatic rings. The van der Waals surface area contributed by atoms with Crippen molar-refractivity contribution in [2.75, 3.05) is 16.8 Å². The van der Waals surface area contributed by atoms with E-state index in [9.17, 15) is 19.7 Å². The molecule has 1 aliphatic heterocycles. The second-order valence-electron chi connectivity index (χ2n) is 6.71. The fourth-order valence-corrected chi connectivity index (χ4v) is 3.13. The molecule has 1 heterocycles. The first kappa shape index (κ1) is 19.3. The van der Waals surface area contributed by atoms with Crippen molar-refractivity contribution in [2.45, 2.75) is 33.3 Å². The summed E-state index contributed by atoms with van der Waals surface area (Å²) >= 11 is 0. The third-order valence-corrected chi connectivity index (χ3v) is 4.58. The molecule has 0 aromatic heterocycles. The Morgan fingerprint density at radius 1 is 1.25 bits per heavy atom. The summed E-state index contributed by atoms with van der Waals surface area (Å²) in [6.45, 7) is 5.38. The Kier molecular flexibility index (Phi) is 5.30. The van der Waals surface area contributed by atoms with Crippen LogP contribution in [0.5, 0.6) is 5.75 Å². The van der Waals surface area contributed by atoms with Gasteiger partial charge in [-0.1, -0.05) is 24.6 Å². The van der Waals surface area contributed by atoms with Crippen molar-refractivity contribution in [3.05, 3.63) is 57.6 Å². The number of non-ortho nitro benzene ring substituents is 1. The van der Waals surface area contributed by atoms with E-state index in [1.807, 2.05) is 26.0 Å². The summed E-state index contributed by atoms with van der Waals surface area (Å²) in [5.41, 5.74) is 2.68. The molecule has 0 aliphatic carbocycles. The Hall–Kier alpha value is -3.42. The van der Waals surface area contributed by atoms with Crippen LogP contribution in [0.25, 0.3) is 0 Å². The summed E-state index contributed by atoms with van der Waals surface area (Å²) in [7, 11) is 0. The van der Waals surface area contributed by atoms with Crippen LogP contribution in [0.15, 0.2) is 36.4 Å². The van der Waals surface area contributed by atoms with Gasteiger partial charge in [-0.15, -0.1) is 0 Å². The normalized spacial score (nSPS) is 15.6. The molecule has 1 aliphatic rings. The highest BCUT2D eigenvalue weighted by Crippen LogP contribution is 2.37. The maximum Gasteiger partial charge on any atom is 0.271 e. The third-order valence-electron chi connectivity index (χ3n) is 4.58. The van der Waals surface area contributed by atoms with E-state index in [4.69, 9.17) is 4.74 Å². The zero-order chi connectivity index (χ0) is 20.4. The molecule has 146 valence electrons. The van der Waals surface area contributed by atoms with Crippen molar-refractivity contribution < 1.29 is 19.2 Å². The van der Waals surface area contributed by atoms with Crippen LogP contribution in [0.4, 0.5) is 17.1 Å². The molecule has 0 saturated heterocycles. The summed E-state index contributed by atoms with van der Waals surface area (Å²) in [6.07, 6.45) is -0.312. The molecule has 3 rings (SSSR count). The zero-order valence-corrected chi connectivity index (χ0v) is 15.9. The first-order chi connectivity index (χ1) is 13.3. The van der Waals surface area contributed by atoms with Gasteiger partial charge in [0.2, 0.25) is 5.91 Å². The van der Waals surface area contributed by atoms with Crippen molar-refractivity contribution in [3.63, 3.8) is 0 Å². The molecule has 0 fully saturated rings. The van der Waals surface area contributed by atoms with E-state index in [-0.39, 0.29) is 17.9 Å². The van der Waals surface area contributed by atoms with Gasteiger partial charge >= 0.3 is 0 Å². The van der Waals surface area contributed by atoms with Crippen molar-refractivity contribution in [3.8, 4) is 5.75 Å². The van der Waals surface area contributed by atoms with Gasteiger partial charge in [-0.05, 0) is 38.0 Å². The summed E-state index contributed by atoms with van der Waals surface area (Å²) in [5.74, 6) is -0.447. The van der Waals surface area contributed by atoms with Crippen LogP contribution in [0, 0.1) is 24.0 Å². The van der Waals surface area contributed by atoms with Crippen LogP contribution in [-0.2, 0) is 9.59 Å². The van der Waals surface area contributed by atoms with Crippen molar-refractivity contribution in [1.29, 1.82) is 0 Å². The third kappa shape index (κ3) is 3.80. The van der Waals surface area contributed by atoms with E-state index >= 15 is 0 Å². The van der Waals surface area contributed by atoms with Gasteiger partial charge in [-0.2, -0.15) is 0 Å². The lowest BCUT2D eigenvalue weighted by Gasteiger charge is -2.33. The SMILES string of the molecule is CCC1Oc2ccc([N+](=O)[O-])cc2N(CC(=O)Nc2ccc(C)cc2C)C1=O. The number of nitrogens with one attached hydrogen (secondary N) is 1. The van der Waals surface area contributed by atoms with E-state index in [1.165, 1.54) is 23.1 Å². The number of benzene rings is 2. The van der Waals surface area contributed by atoms with Crippen LogP contribution >= 0.6 is 0 Å². The number of carbonyl (C=O) groups excluding carboxylic acids is 2. The molecule has 1 unspecified atom stereocenters. The predicted molar refractivity (Wildman–Crippen MR) is 105 cm³/mol. The molecular formula is C20H21N3O5. The number of carbonyl (C=O) groups is 2. The summed E-state index contributed by atoms with van der Waals surface area (Å²) in [4.78, 5) is 37.2. The van der Waals surface area contributed by atoms with E-state index < -0.39 is 22.8 Å². The van der Waals surface area contributed by atoms with E-state index in [2.05, 4.69) is 5.32 Å². The van der Waals surface area contributed by atoms with E-state index in [1.54, 1.807) is 13.0 Å². The molecule has 0 spiro atoms. The lowest BCUT2D eigenvalue weighted by atomic mass is 10.1. The quantitative estimate of drug-likeness (QED) is 0.630. The van der Waals surface area contributed by atoms with Gasteiger partial charge in [-0.3, -0.25) is 24.6 Å². The number of nitro groups is 1. The number of rotatable bonds is 5. The Balaban J connectivity index is 1.88. The highest BCUT2D eigenvalue weighted by molar-refractivity contribution is 6.06. The van der Waals surface area contributed by atoms with Gasteiger partial charge in [0.1, 0.15) is 12.3 Å². The van der Waals surface area contributed by atoms with Crippen molar-refractivity contribution >= 4 is 28.9 Å². The van der Waals surface area contributed by atoms with Crippen molar-refractivity contribution in [2.24, 2.45) is 0 Å². The number of ether oxygens (including phenoxy) is 1. The number of hydrogen-bond acceptors (Lipinski definition) is 5. The maximum atomic E-state index is 12.8. The Morgan fingerprint density at radius 2 is 2.00 bits per heavy atom. The molecule has 8 nitrogen and oxygen atoms in total. The first-order valence-corrected chi connectivity index (χ1v) is 8.93. The summed E-state index contributed by atoms with van der Waals surface area (Å²) in [5, 5.41) is 13.9. The van der Waals surface area contributed by atoms with Gasteiger partial charge in [0.25, 0.3) is 11.6 Å². The largest absolute Gasteiger partial charge is 0.478 e. The van der Waals surface area contributed by atoms with Crippen LogP contribution in [0.1, 0.15) is 24.5 Å². The summed E-state index contributed by atoms with van der Waals surface area (Å²) < 4.78 is 5.64. The minimum absolute atomic E-state index is 0.176. The minimum Gasteiger partial charge on any atom is -0.478 e. The molecule has 1 atom stereocenters. The molecular weight excluding hydrogens is 362 g/mol. The second kappa shape index (κ2) is 7.67. The topological polar surface area (TPSA) is 102 Å². The molecule has 8 heteroatoms. The fourth-order valence-electron chi connectivity index (χ4n) is 3.13. The molecule has 0 saturated carbocycles. The highest BCUT2D eigenvalue weighted by Gasteiger charge is 2.35. The molecule has 2 amide bonds. The molecule has 28 heavy (non-hydrogen) atoms. The van der Waals surface area contributed by atoms with Crippen LogP contribution in [0.2, 0.25) is 0 Å². The predicted octanol–water partition coefficient (Wildman–Crippen LogP) is 3.35. The minimum atomic E-state index is -0.733. The number of hydrogen-bond donors (Lipinski definition) is 1. The average Bonchev–Trinajstić information content (AvgIpc) is 2.65. The van der Waals surface area contributed by atoms with Crippen LogP contribution in [0.3, 0.4) is 0 Å². The molecule has 0 radical (unpaired) electrons. The number of anilines is 2. The van der Waals surface area contributed by atoms with Gasteiger partial charge in [0.05, 0.1) is 10.6 Å². The lowest BCUT2D eigenvalue weighted by Crippen LogP contribution is -2.48. The summed E-state index contributed by atoms with van der Waals surface area (Å²) in [6, 6.07) is 9.66. The second-order valence-corrected chi connectivity index (χ2v) is 6.71. The standard InChI is InChI=1S/C20H21N3O5/c1-4-17-20(25)22(16-10-14(23(26)27)6-8-18(16)28-17)11-19(24)21-15-7-5-12(2)9-13(15)3/h5-10,17H,4,11H2,1-3H3,(H,21,24). The average molecular weight is 383 g/mol. The molecule has 1 N–H and O–H groups in total. The Bertz CT molecular complexity index is 957. The number of fused-ring (bicyclic) bond motifs is 1. The lowest BCUT2D eigenvalue weighted by molar-refractivity contribution is -0.384. The molecule has 0 bridgehead atoms. The number of aryl methyl sites for hydroxylation is 2. The monoisotopic (exact) mass is 383 g/mol. The van der Waals surface area contributed by atoms with E-state index in [0.717, 1.165) is 11.1 Å². The highest BCUT2D eigenvalue weighted by atomic mass is 16.6. The van der Waals surface area contributed by atoms with Crippen molar-refractivity contribution in [1.82, 2.24) is 0 Å². The van der Waals surface area contributed by atoms with Crippen LogP contribution in [-0.4, -0.2) is 29.4 Å². The van der Waals surface area contributed by atoms with Crippen LogP contribution < -0.4 is 15.0 Å². The van der Waals surface area contributed by atoms with Gasteiger partial charge in [0, 0.05) is 17.8 Å². The number of nitrogens with zero attached hydrogens (tertiary/aromatic N) is 2. The maximum absolute atomic E-state index is 12.8. The number of nitro benzene ring substituents is 1. The molecule has 2 aromatic carbocycles. The smallest absolute Gasteiger partial charge is 0.271 e. The fraction of sp³-hybridized carbons (Fsp3) is 0.300. The number of amides is 2. The Morgan fingerprint density at radius 3 is 2.64 bits per heavy atom. The van der Waals surface area contributed by atoms with Gasteiger partial charge in [-0.25, -0.2) is 0 Å². The first-order valence-electron chi connectivity index (χ1n) is 8.93. The van der Waals surface area contributed by atoms with Gasteiger partial charge < -0.3 is 10.1 Å². The zero-order valence-electron chi connectivity index (χ0n) is 15.9. The Labute approximate surface area is 162 Å². The van der Waals surface area contributed by atoms with Gasteiger partial charge in [0.15, 0.2) is 6.10 Å². The van der Waals surface area contributed by atoms with E-state index in [0.29, 0.717) is 17.9 Å².